The maximum atomic E-state index is 4.06. The molecule has 0 saturated heterocycles. The molecule has 96 valence electrons. The van der Waals surface area contributed by atoms with Gasteiger partial charge in [-0.3, -0.25) is 0 Å². The zero-order valence-electron chi connectivity index (χ0n) is 11.2. The molecule has 3 unspecified atom stereocenters. The second-order valence-electron chi connectivity index (χ2n) is 5.89. The predicted molar refractivity (Wildman–Crippen MR) is 70.6 cm³/mol. The number of H-pyrrole nitrogens is 1. The summed E-state index contributed by atoms with van der Waals surface area (Å²) in [5, 5.41) is 3.71. The summed E-state index contributed by atoms with van der Waals surface area (Å²) in [5.74, 6) is 2.47. The molecule has 1 aromatic rings. The normalized spacial score (nSPS) is 29.8. The number of hydrogen-bond acceptors (Lipinski definition) is 2. The first-order valence-corrected chi connectivity index (χ1v) is 6.87. The van der Waals surface area contributed by atoms with Gasteiger partial charge in [0.25, 0.3) is 0 Å². The van der Waals surface area contributed by atoms with Crippen LogP contribution >= 0.6 is 0 Å². The quantitative estimate of drug-likeness (QED) is 0.842. The summed E-state index contributed by atoms with van der Waals surface area (Å²) in [5.41, 5.74) is 1.19. The van der Waals surface area contributed by atoms with Crippen molar-refractivity contribution in [3.63, 3.8) is 0 Å². The van der Waals surface area contributed by atoms with Crippen LogP contribution in [0.2, 0.25) is 0 Å². The van der Waals surface area contributed by atoms with Gasteiger partial charge in [0.1, 0.15) is 0 Å². The van der Waals surface area contributed by atoms with E-state index in [1.165, 1.54) is 25.0 Å². The highest BCUT2D eigenvalue weighted by Gasteiger charge is 2.30. The van der Waals surface area contributed by atoms with E-state index in [9.17, 15) is 0 Å². The second-order valence-corrected chi connectivity index (χ2v) is 5.89. The number of rotatable bonds is 4. The van der Waals surface area contributed by atoms with Gasteiger partial charge in [-0.05, 0) is 30.6 Å². The van der Waals surface area contributed by atoms with Crippen molar-refractivity contribution < 1.29 is 0 Å². The average molecular weight is 235 g/mol. The molecule has 1 heterocycles. The van der Waals surface area contributed by atoms with Crippen LogP contribution in [0, 0.1) is 17.8 Å². The van der Waals surface area contributed by atoms with Gasteiger partial charge in [0.2, 0.25) is 0 Å². The highest BCUT2D eigenvalue weighted by atomic mass is 15.0. The van der Waals surface area contributed by atoms with Gasteiger partial charge >= 0.3 is 0 Å². The van der Waals surface area contributed by atoms with Crippen LogP contribution in [0.25, 0.3) is 0 Å². The molecule has 1 aliphatic rings. The number of hydrogen-bond donors (Lipinski definition) is 2. The third kappa shape index (κ3) is 3.32. The SMILES string of the molecule is CC1CCC(C(C)C)C(NCc2cnc[nH]2)C1. The molecule has 2 N–H and O–H groups in total. The number of aromatic amines is 1. The van der Waals surface area contributed by atoms with E-state index in [0.29, 0.717) is 6.04 Å². The second kappa shape index (κ2) is 5.67. The van der Waals surface area contributed by atoms with Crippen molar-refractivity contribution in [2.45, 2.75) is 52.6 Å². The molecule has 1 fully saturated rings. The molecule has 1 aliphatic carbocycles. The van der Waals surface area contributed by atoms with E-state index in [1.54, 1.807) is 6.33 Å². The van der Waals surface area contributed by atoms with E-state index < -0.39 is 0 Å². The highest BCUT2D eigenvalue weighted by Crippen LogP contribution is 2.33. The Morgan fingerprint density at radius 3 is 2.94 bits per heavy atom. The number of nitrogens with one attached hydrogen (secondary N) is 2. The Kier molecular flexibility index (Phi) is 4.21. The minimum absolute atomic E-state index is 0.669. The fourth-order valence-corrected chi connectivity index (χ4v) is 3.06. The summed E-state index contributed by atoms with van der Waals surface area (Å²) in [6.07, 6.45) is 7.74. The fourth-order valence-electron chi connectivity index (χ4n) is 3.06. The van der Waals surface area contributed by atoms with E-state index in [2.05, 4.69) is 36.1 Å². The van der Waals surface area contributed by atoms with Gasteiger partial charge in [0.15, 0.2) is 0 Å². The van der Waals surface area contributed by atoms with Crippen LogP contribution in [0.15, 0.2) is 12.5 Å². The third-order valence-electron chi connectivity index (χ3n) is 4.13. The van der Waals surface area contributed by atoms with Crippen molar-refractivity contribution >= 4 is 0 Å². The van der Waals surface area contributed by atoms with Crippen LogP contribution < -0.4 is 5.32 Å². The van der Waals surface area contributed by atoms with Crippen LogP contribution in [-0.2, 0) is 6.54 Å². The lowest BCUT2D eigenvalue weighted by Crippen LogP contribution is -2.42. The standard InChI is InChI=1S/C14H25N3/c1-10(2)13-5-4-11(3)6-14(13)16-8-12-7-15-9-17-12/h7,9-11,13-14,16H,4-6,8H2,1-3H3,(H,15,17). The van der Waals surface area contributed by atoms with Crippen LogP contribution in [0.3, 0.4) is 0 Å². The summed E-state index contributed by atoms with van der Waals surface area (Å²) in [7, 11) is 0. The Bertz CT molecular complexity index is 318. The van der Waals surface area contributed by atoms with E-state index in [1.807, 2.05) is 6.20 Å². The Morgan fingerprint density at radius 1 is 1.47 bits per heavy atom. The van der Waals surface area contributed by atoms with E-state index >= 15 is 0 Å². The molecule has 0 amide bonds. The molecular formula is C14H25N3. The van der Waals surface area contributed by atoms with Gasteiger partial charge in [-0.25, -0.2) is 4.98 Å². The summed E-state index contributed by atoms with van der Waals surface area (Å²) >= 11 is 0. The third-order valence-corrected chi connectivity index (χ3v) is 4.13. The molecule has 0 spiro atoms. The molecule has 3 atom stereocenters. The maximum absolute atomic E-state index is 4.06. The number of nitrogens with zero attached hydrogens (tertiary/aromatic N) is 1. The lowest BCUT2D eigenvalue weighted by atomic mass is 9.74. The summed E-state index contributed by atoms with van der Waals surface area (Å²) in [4.78, 5) is 7.22. The Hall–Kier alpha value is -0.830. The van der Waals surface area contributed by atoms with Gasteiger partial charge in [-0.15, -0.1) is 0 Å². The molecule has 0 aromatic carbocycles. The van der Waals surface area contributed by atoms with Crippen LogP contribution in [-0.4, -0.2) is 16.0 Å². The molecular weight excluding hydrogens is 210 g/mol. The number of imidazole rings is 1. The molecule has 0 aliphatic heterocycles. The van der Waals surface area contributed by atoms with Crippen molar-refractivity contribution in [2.75, 3.05) is 0 Å². The van der Waals surface area contributed by atoms with Gasteiger partial charge in [-0.1, -0.05) is 27.2 Å². The monoisotopic (exact) mass is 235 g/mol. The van der Waals surface area contributed by atoms with Gasteiger partial charge in [0.05, 0.1) is 6.33 Å². The van der Waals surface area contributed by atoms with Crippen LogP contribution in [0.4, 0.5) is 0 Å². The van der Waals surface area contributed by atoms with Crippen molar-refractivity contribution in [1.29, 1.82) is 0 Å². The van der Waals surface area contributed by atoms with Gasteiger partial charge in [-0.2, -0.15) is 0 Å². The molecule has 2 rings (SSSR count). The predicted octanol–water partition coefficient (Wildman–Crippen LogP) is 2.96. The zero-order valence-corrected chi connectivity index (χ0v) is 11.2. The lowest BCUT2D eigenvalue weighted by molar-refractivity contribution is 0.169. The molecule has 1 aromatic heterocycles. The molecule has 0 radical (unpaired) electrons. The first-order chi connectivity index (χ1) is 8.16. The van der Waals surface area contributed by atoms with Gasteiger partial charge < -0.3 is 10.3 Å². The van der Waals surface area contributed by atoms with Gasteiger partial charge in [0, 0.05) is 24.5 Å². The van der Waals surface area contributed by atoms with Crippen LogP contribution in [0.5, 0.6) is 0 Å². The minimum Gasteiger partial charge on any atom is -0.347 e. The highest BCUT2D eigenvalue weighted by molar-refractivity contribution is 4.95. The first-order valence-electron chi connectivity index (χ1n) is 6.87. The molecule has 3 nitrogen and oxygen atoms in total. The maximum Gasteiger partial charge on any atom is 0.0922 e. The largest absolute Gasteiger partial charge is 0.347 e. The fraction of sp³-hybridized carbons (Fsp3) is 0.786. The summed E-state index contributed by atoms with van der Waals surface area (Å²) in [6.45, 7) is 8.00. The molecule has 17 heavy (non-hydrogen) atoms. The zero-order chi connectivity index (χ0) is 12.3. The van der Waals surface area contributed by atoms with E-state index in [4.69, 9.17) is 0 Å². The average Bonchev–Trinajstić information content (AvgIpc) is 2.78. The van der Waals surface area contributed by atoms with E-state index in [0.717, 1.165) is 24.3 Å². The van der Waals surface area contributed by atoms with Crippen LogP contribution in [0.1, 0.15) is 45.7 Å². The first kappa shape index (κ1) is 12.6. The number of aromatic nitrogens is 2. The molecule has 1 saturated carbocycles. The molecule has 3 heteroatoms. The topological polar surface area (TPSA) is 40.7 Å². The van der Waals surface area contributed by atoms with Crippen molar-refractivity contribution in [3.8, 4) is 0 Å². The van der Waals surface area contributed by atoms with Crippen molar-refractivity contribution in [1.82, 2.24) is 15.3 Å². The lowest BCUT2D eigenvalue weighted by Gasteiger charge is -2.38. The Balaban J connectivity index is 1.90. The van der Waals surface area contributed by atoms with Crippen molar-refractivity contribution in [2.24, 2.45) is 17.8 Å². The molecule has 0 bridgehead atoms. The smallest absolute Gasteiger partial charge is 0.0922 e. The Morgan fingerprint density at radius 2 is 2.29 bits per heavy atom. The summed E-state index contributed by atoms with van der Waals surface area (Å²) < 4.78 is 0. The summed E-state index contributed by atoms with van der Waals surface area (Å²) in [6, 6.07) is 0.669. The minimum atomic E-state index is 0.669. The van der Waals surface area contributed by atoms with E-state index in [-0.39, 0.29) is 0 Å². The van der Waals surface area contributed by atoms with Crippen molar-refractivity contribution in [3.05, 3.63) is 18.2 Å². The Labute approximate surface area is 104 Å².